The van der Waals surface area contributed by atoms with Crippen LogP contribution in [0.1, 0.15) is 5.56 Å². The van der Waals surface area contributed by atoms with Crippen molar-refractivity contribution in [2.45, 2.75) is 11.8 Å². The first-order valence-corrected chi connectivity index (χ1v) is 8.61. The molecule has 1 atom stereocenters. The number of hydrogen-bond donors (Lipinski definition) is 1. The lowest BCUT2D eigenvalue weighted by molar-refractivity contribution is 0.565. The van der Waals surface area contributed by atoms with Crippen LogP contribution in [0, 0.1) is 6.92 Å². The van der Waals surface area contributed by atoms with E-state index in [-0.39, 0.29) is 5.63 Å². The quantitative estimate of drug-likeness (QED) is 0.306. The molecule has 0 saturated heterocycles. The third-order valence-electron chi connectivity index (χ3n) is 4.14. The molecule has 2 nitrogen and oxygen atoms in total. The fourth-order valence-electron chi connectivity index (χ4n) is 3.02. The van der Waals surface area contributed by atoms with Gasteiger partial charge in [0, 0.05) is 15.6 Å². The Morgan fingerprint density at radius 1 is 0.917 bits per heavy atom. The van der Waals surface area contributed by atoms with E-state index >= 15 is 0 Å². The minimum Gasteiger partial charge on any atom is -0.422 e. The first kappa shape index (κ1) is 15.4. The van der Waals surface area contributed by atoms with E-state index in [1.165, 1.54) is 0 Å². The monoisotopic (exact) mass is 350 g/mol. The smallest absolute Gasteiger partial charge is 0.344 e. The summed E-state index contributed by atoms with van der Waals surface area (Å²) < 4.78 is 5.58. The van der Waals surface area contributed by atoms with Crippen molar-refractivity contribution < 1.29 is 4.42 Å². The van der Waals surface area contributed by atoms with E-state index in [0.29, 0.717) is 11.1 Å². The Morgan fingerprint density at radius 2 is 1.67 bits per heavy atom. The second-order valence-electron chi connectivity index (χ2n) is 5.97. The fraction of sp³-hybridized carbons (Fsp3) is 0.0500. The molecule has 0 fully saturated rings. The molecular formula is C20H15O2PS. The molecule has 0 aliphatic carbocycles. The lowest BCUT2D eigenvalue weighted by Gasteiger charge is -2.07. The molecule has 0 bridgehead atoms. The Balaban J connectivity index is 1.97. The van der Waals surface area contributed by atoms with Crippen molar-refractivity contribution in [2.24, 2.45) is 0 Å². The van der Waals surface area contributed by atoms with Gasteiger partial charge in [-0.3, -0.25) is 0 Å². The molecule has 4 rings (SSSR count). The Labute approximate surface area is 147 Å². The maximum atomic E-state index is 12.5. The van der Waals surface area contributed by atoms with Crippen LogP contribution in [0.15, 0.2) is 68.7 Å². The number of thiol groups is 1. The summed E-state index contributed by atoms with van der Waals surface area (Å²) in [5.74, 6) is 0. The topological polar surface area (TPSA) is 30.2 Å². The van der Waals surface area contributed by atoms with Gasteiger partial charge in [-0.2, -0.15) is 0 Å². The van der Waals surface area contributed by atoms with Crippen molar-refractivity contribution in [2.75, 3.05) is 0 Å². The van der Waals surface area contributed by atoms with Crippen LogP contribution >= 0.6 is 21.9 Å². The number of rotatable bonds is 1. The van der Waals surface area contributed by atoms with E-state index in [2.05, 4.69) is 21.9 Å². The van der Waals surface area contributed by atoms with Crippen molar-refractivity contribution in [1.29, 1.82) is 0 Å². The average molecular weight is 350 g/mol. The normalized spacial score (nSPS) is 11.3. The third kappa shape index (κ3) is 2.64. The highest BCUT2D eigenvalue weighted by molar-refractivity contribution is 7.80. The van der Waals surface area contributed by atoms with E-state index < -0.39 is 0 Å². The first-order valence-electron chi connectivity index (χ1n) is 7.58. The molecule has 0 amide bonds. The summed E-state index contributed by atoms with van der Waals surface area (Å²) >= 11 is 4.36. The van der Waals surface area contributed by atoms with E-state index in [0.717, 1.165) is 37.5 Å². The van der Waals surface area contributed by atoms with Gasteiger partial charge in [0.25, 0.3) is 0 Å². The number of benzene rings is 3. The highest BCUT2D eigenvalue weighted by Gasteiger charge is 2.10. The zero-order chi connectivity index (χ0) is 16.8. The van der Waals surface area contributed by atoms with E-state index in [4.69, 9.17) is 4.42 Å². The molecule has 3 aromatic carbocycles. The van der Waals surface area contributed by atoms with Gasteiger partial charge in [-0.25, -0.2) is 4.79 Å². The van der Waals surface area contributed by atoms with Crippen LogP contribution in [-0.4, -0.2) is 0 Å². The molecule has 0 aliphatic rings. The van der Waals surface area contributed by atoms with E-state index in [1.807, 2.05) is 61.5 Å². The molecule has 24 heavy (non-hydrogen) atoms. The highest BCUT2D eigenvalue weighted by atomic mass is 32.1. The van der Waals surface area contributed by atoms with Crippen LogP contribution in [0.4, 0.5) is 0 Å². The molecule has 0 N–H and O–H groups in total. The van der Waals surface area contributed by atoms with Crippen molar-refractivity contribution in [3.05, 3.63) is 70.6 Å². The predicted molar refractivity (Wildman–Crippen MR) is 107 cm³/mol. The average Bonchev–Trinajstić information content (AvgIpc) is 2.54. The van der Waals surface area contributed by atoms with Crippen LogP contribution in [0.3, 0.4) is 0 Å². The Hall–Kier alpha value is -2.09. The minimum atomic E-state index is -0.319. The Kier molecular flexibility index (Phi) is 3.71. The van der Waals surface area contributed by atoms with Gasteiger partial charge in [0.2, 0.25) is 0 Å². The van der Waals surface area contributed by atoms with Gasteiger partial charge >= 0.3 is 5.63 Å². The van der Waals surface area contributed by atoms with Gasteiger partial charge in [-0.1, -0.05) is 18.2 Å². The van der Waals surface area contributed by atoms with Crippen molar-refractivity contribution in [3.63, 3.8) is 0 Å². The second kappa shape index (κ2) is 5.77. The van der Waals surface area contributed by atoms with Gasteiger partial charge in [-0.05, 0) is 65.2 Å². The first-order chi connectivity index (χ1) is 11.5. The zero-order valence-electron chi connectivity index (χ0n) is 13.0. The molecule has 1 aromatic heterocycles. The van der Waals surface area contributed by atoms with Gasteiger partial charge in [0.1, 0.15) is 5.58 Å². The molecule has 4 aromatic rings. The van der Waals surface area contributed by atoms with Gasteiger partial charge in [0.15, 0.2) is 0 Å². The molecule has 0 spiro atoms. The number of aryl methyl sites for hydroxylation is 1. The summed E-state index contributed by atoms with van der Waals surface area (Å²) in [4.78, 5) is 13.4. The standard InChI is InChI=1S/C20H15O2PS/c1-11-6-15-10-17(20(21)22-19(15)18(23)7-11)14-3-2-13-9-16(24)5-4-12(13)8-14/h2-10,24H,23H2,1H3. The number of fused-ring (bicyclic) bond motifs is 2. The van der Waals surface area contributed by atoms with Crippen LogP contribution in [0.25, 0.3) is 32.9 Å². The Bertz CT molecular complexity index is 1160. The van der Waals surface area contributed by atoms with Crippen LogP contribution in [-0.2, 0) is 0 Å². The van der Waals surface area contributed by atoms with Crippen LogP contribution in [0.5, 0.6) is 0 Å². The second-order valence-corrected chi connectivity index (χ2v) is 7.10. The molecular weight excluding hydrogens is 335 g/mol. The molecule has 4 heteroatoms. The summed E-state index contributed by atoms with van der Waals surface area (Å²) in [5, 5.41) is 3.99. The van der Waals surface area contributed by atoms with Crippen molar-refractivity contribution in [3.8, 4) is 11.1 Å². The Morgan fingerprint density at radius 3 is 2.50 bits per heavy atom. The lowest BCUT2D eigenvalue weighted by Crippen LogP contribution is -2.06. The van der Waals surface area contributed by atoms with Gasteiger partial charge in [-0.15, -0.1) is 21.9 Å². The highest BCUT2D eigenvalue weighted by Crippen LogP contribution is 2.26. The molecule has 1 heterocycles. The van der Waals surface area contributed by atoms with Crippen molar-refractivity contribution >= 4 is 48.9 Å². The molecule has 1 unspecified atom stereocenters. The molecule has 0 radical (unpaired) electrons. The summed E-state index contributed by atoms with van der Waals surface area (Å²) in [6, 6.07) is 17.9. The predicted octanol–water partition coefficient (Wildman–Crippen LogP) is 4.71. The maximum absolute atomic E-state index is 12.5. The molecule has 0 aliphatic heterocycles. The summed E-state index contributed by atoms with van der Waals surface area (Å²) in [5.41, 5.74) is 2.87. The maximum Gasteiger partial charge on any atom is 0.344 e. The van der Waals surface area contributed by atoms with Crippen LogP contribution in [0.2, 0.25) is 0 Å². The molecule has 0 saturated carbocycles. The lowest BCUT2D eigenvalue weighted by atomic mass is 10.0. The largest absolute Gasteiger partial charge is 0.422 e. The zero-order valence-corrected chi connectivity index (χ0v) is 15.1. The SMILES string of the molecule is Cc1cc(P)c2oc(=O)c(-c3ccc4cc(S)ccc4c3)cc2c1. The van der Waals surface area contributed by atoms with Crippen LogP contribution < -0.4 is 10.9 Å². The molecule has 118 valence electrons. The summed E-state index contributed by atoms with van der Waals surface area (Å²) in [6.45, 7) is 2.03. The van der Waals surface area contributed by atoms with E-state index in [9.17, 15) is 4.79 Å². The summed E-state index contributed by atoms with van der Waals surface area (Å²) in [6.07, 6.45) is 0. The summed E-state index contributed by atoms with van der Waals surface area (Å²) in [7, 11) is 2.63. The van der Waals surface area contributed by atoms with Gasteiger partial charge in [0.05, 0.1) is 5.56 Å². The third-order valence-corrected chi connectivity index (χ3v) is 4.85. The minimum absolute atomic E-state index is 0.319. The van der Waals surface area contributed by atoms with Crippen molar-refractivity contribution in [1.82, 2.24) is 0 Å². The number of hydrogen-bond acceptors (Lipinski definition) is 3. The van der Waals surface area contributed by atoms with E-state index in [1.54, 1.807) is 0 Å². The fourth-order valence-corrected chi connectivity index (χ4v) is 3.72. The van der Waals surface area contributed by atoms with Gasteiger partial charge < -0.3 is 4.42 Å².